The Kier molecular flexibility index (Phi) is 7.35. The van der Waals surface area contributed by atoms with Crippen LogP contribution in [0.1, 0.15) is 34.5 Å². The molecule has 9 heteroatoms. The maximum atomic E-state index is 13.7. The van der Waals surface area contributed by atoms with E-state index in [-0.39, 0.29) is 17.8 Å². The lowest BCUT2D eigenvalue weighted by molar-refractivity contribution is 0.0930. The second-order valence-electron chi connectivity index (χ2n) is 10.7. The Morgan fingerprint density at radius 3 is 2.59 bits per heavy atom. The predicted molar refractivity (Wildman–Crippen MR) is 161 cm³/mol. The number of hydrogen-bond acceptors (Lipinski definition) is 6. The van der Waals surface area contributed by atoms with Gasteiger partial charge in [-0.15, -0.1) is 0 Å². The van der Waals surface area contributed by atoms with E-state index in [9.17, 15) is 4.79 Å². The van der Waals surface area contributed by atoms with Crippen LogP contribution in [-0.4, -0.2) is 57.9 Å². The van der Waals surface area contributed by atoms with E-state index in [4.69, 9.17) is 15.9 Å². The van der Waals surface area contributed by atoms with Gasteiger partial charge in [-0.25, -0.2) is 9.97 Å². The summed E-state index contributed by atoms with van der Waals surface area (Å²) in [5, 5.41) is 14.2. The van der Waals surface area contributed by atoms with Gasteiger partial charge in [0.05, 0.1) is 0 Å². The fourth-order valence-corrected chi connectivity index (χ4v) is 5.54. The van der Waals surface area contributed by atoms with Crippen molar-refractivity contribution >= 4 is 33.4 Å². The highest BCUT2D eigenvalue weighted by Crippen LogP contribution is 2.31. The third-order valence-corrected chi connectivity index (χ3v) is 7.84. The number of piperidine rings is 1. The summed E-state index contributed by atoms with van der Waals surface area (Å²) in [7, 11) is 2.14. The van der Waals surface area contributed by atoms with E-state index in [1.165, 1.54) is 0 Å². The minimum absolute atomic E-state index is 0.0170. The van der Waals surface area contributed by atoms with Gasteiger partial charge >= 0.3 is 6.01 Å². The van der Waals surface area contributed by atoms with Crippen molar-refractivity contribution < 1.29 is 9.53 Å². The second-order valence-corrected chi connectivity index (χ2v) is 10.7. The van der Waals surface area contributed by atoms with Crippen molar-refractivity contribution in [2.45, 2.75) is 19.4 Å². The molecule has 1 fully saturated rings. The molecule has 6 rings (SSSR count). The van der Waals surface area contributed by atoms with Crippen LogP contribution in [0.4, 0.5) is 0 Å². The number of hydrogen-bond donors (Lipinski definition) is 3. The van der Waals surface area contributed by atoms with Crippen molar-refractivity contribution in [2.75, 3.05) is 26.7 Å². The maximum Gasteiger partial charge on any atom is 0.321 e. The molecule has 41 heavy (non-hydrogen) atoms. The summed E-state index contributed by atoms with van der Waals surface area (Å²) in [5.74, 6) is 0.949. The largest absolute Gasteiger partial charge is 0.424 e. The van der Waals surface area contributed by atoms with Crippen molar-refractivity contribution in [2.24, 2.45) is 11.7 Å². The lowest BCUT2D eigenvalue weighted by Gasteiger charge is -2.29. The van der Waals surface area contributed by atoms with Gasteiger partial charge in [0.1, 0.15) is 17.3 Å². The zero-order chi connectivity index (χ0) is 28.3. The molecule has 0 atom stereocenters. The fourth-order valence-electron chi connectivity index (χ4n) is 5.54. The lowest BCUT2D eigenvalue weighted by Crippen LogP contribution is -2.37. The van der Waals surface area contributed by atoms with Crippen LogP contribution in [0.2, 0.25) is 0 Å². The number of carbonyl (C=O) groups is 1. The van der Waals surface area contributed by atoms with Crippen molar-refractivity contribution in [1.29, 1.82) is 5.41 Å². The molecule has 3 aromatic carbocycles. The summed E-state index contributed by atoms with van der Waals surface area (Å²) in [6.45, 7) is 3.16. The zero-order valence-corrected chi connectivity index (χ0v) is 23.0. The van der Waals surface area contributed by atoms with Crippen molar-refractivity contribution in [3.63, 3.8) is 0 Å². The Balaban J connectivity index is 1.39. The van der Waals surface area contributed by atoms with Crippen molar-refractivity contribution in [3.05, 3.63) is 95.9 Å². The number of likely N-dealkylation sites (tertiary alicyclic amines) is 1. The third kappa shape index (κ3) is 5.76. The van der Waals surface area contributed by atoms with E-state index in [2.05, 4.69) is 33.3 Å². The molecule has 1 saturated heterocycles. The second kappa shape index (κ2) is 11.4. The molecule has 0 radical (unpaired) electrons. The molecule has 0 bridgehead atoms. The minimum atomic E-state index is -0.112. The minimum Gasteiger partial charge on any atom is -0.424 e. The Hall–Kier alpha value is -4.76. The van der Waals surface area contributed by atoms with Crippen molar-refractivity contribution in [3.8, 4) is 11.8 Å². The molecule has 0 aliphatic carbocycles. The molecular weight excluding hydrogens is 514 g/mol. The first-order valence-electron chi connectivity index (χ1n) is 13.9. The SMILES string of the molecule is CN1CCC(CNC(=O)c2cc3ccc(C(=N)N)cc3n2Cc2cc(Oc3ncccn3)cc3ccccc23)CC1. The average molecular weight is 548 g/mol. The first-order valence-corrected chi connectivity index (χ1v) is 13.9. The molecular formula is C32H33N7O2. The van der Waals surface area contributed by atoms with Gasteiger partial charge in [-0.3, -0.25) is 10.2 Å². The Bertz CT molecular complexity index is 1720. The van der Waals surface area contributed by atoms with Crippen LogP contribution in [0, 0.1) is 11.3 Å². The van der Waals surface area contributed by atoms with E-state index < -0.39 is 0 Å². The van der Waals surface area contributed by atoms with Crippen LogP contribution < -0.4 is 15.8 Å². The van der Waals surface area contributed by atoms with E-state index in [0.717, 1.165) is 53.2 Å². The van der Waals surface area contributed by atoms with Crippen LogP contribution >= 0.6 is 0 Å². The number of nitrogens with two attached hydrogens (primary N) is 1. The highest BCUT2D eigenvalue weighted by Gasteiger charge is 2.21. The van der Waals surface area contributed by atoms with E-state index in [1.54, 1.807) is 18.5 Å². The molecule has 208 valence electrons. The number of rotatable bonds is 8. The topological polar surface area (TPSA) is 122 Å². The third-order valence-electron chi connectivity index (χ3n) is 7.84. The zero-order valence-electron chi connectivity index (χ0n) is 23.0. The smallest absolute Gasteiger partial charge is 0.321 e. The molecule has 5 aromatic rings. The van der Waals surface area contributed by atoms with Crippen LogP contribution in [0.25, 0.3) is 21.7 Å². The molecule has 2 aromatic heterocycles. The van der Waals surface area contributed by atoms with Gasteiger partial charge in [-0.2, -0.15) is 0 Å². The summed E-state index contributed by atoms with van der Waals surface area (Å²) < 4.78 is 8.03. The maximum absolute atomic E-state index is 13.7. The predicted octanol–water partition coefficient (Wildman–Crippen LogP) is 4.78. The quantitative estimate of drug-likeness (QED) is 0.190. The number of nitrogens with one attached hydrogen (secondary N) is 2. The first kappa shape index (κ1) is 26.5. The number of amides is 1. The number of fused-ring (bicyclic) bond motifs is 2. The molecule has 3 heterocycles. The Labute approximate surface area is 238 Å². The molecule has 1 aliphatic rings. The highest BCUT2D eigenvalue weighted by molar-refractivity contribution is 6.02. The summed E-state index contributed by atoms with van der Waals surface area (Å²) >= 11 is 0. The van der Waals surface area contributed by atoms with Crippen LogP contribution in [0.15, 0.2) is 79.1 Å². The number of benzene rings is 3. The summed E-state index contributed by atoms with van der Waals surface area (Å²) in [5.41, 5.74) is 8.83. The molecule has 1 amide bonds. The molecule has 0 unspecified atom stereocenters. The fraction of sp³-hybridized carbons (Fsp3) is 0.250. The van der Waals surface area contributed by atoms with Gasteiger partial charge in [-0.1, -0.05) is 36.4 Å². The van der Waals surface area contributed by atoms with Gasteiger partial charge < -0.3 is 25.3 Å². The van der Waals surface area contributed by atoms with Gasteiger partial charge in [0.2, 0.25) is 0 Å². The first-order chi connectivity index (χ1) is 19.9. The van der Waals surface area contributed by atoms with Crippen LogP contribution in [0.5, 0.6) is 11.8 Å². The summed E-state index contributed by atoms with van der Waals surface area (Å²) in [6, 6.07) is 21.6. The standard InChI is InChI=1S/C32H33N7O2/c1-38-13-9-21(10-14-38)19-37-31(40)29-17-23-7-8-24(30(33)34)18-28(23)39(29)20-25-16-26(41-32-35-11-4-12-36-32)15-22-5-2-3-6-27(22)25/h2-8,11-12,15-18,21H,9-10,13-14,19-20H2,1H3,(H3,33,34)(H,37,40). The summed E-state index contributed by atoms with van der Waals surface area (Å²) in [6.07, 6.45) is 5.43. The van der Waals surface area contributed by atoms with E-state index in [1.807, 2.05) is 59.2 Å². The number of nitrogen functional groups attached to an aromatic ring is 1. The molecule has 0 spiro atoms. The summed E-state index contributed by atoms with van der Waals surface area (Å²) in [4.78, 5) is 24.4. The van der Waals surface area contributed by atoms with E-state index >= 15 is 0 Å². The number of aromatic nitrogens is 3. The van der Waals surface area contributed by atoms with Crippen molar-refractivity contribution in [1.82, 2.24) is 24.8 Å². The molecule has 1 aliphatic heterocycles. The normalized spacial score (nSPS) is 14.4. The Morgan fingerprint density at radius 1 is 1.02 bits per heavy atom. The molecule has 4 N–H and O–H groups in total. The van der Waals surface area contributed by atoms with Gasteiger partial charge in [0, 0.05) is 41.9 Å². The van der Waals surface area contributed by atoms with Crippen LogP contribution in [0.3, 0.4) is 0 Å². The Morgan fingerprint density at radius 2 is 1.80 bits per heavy atom. The molecule has 0 saturated carbocycles. The number of ether oxygens (including phenoxy) is 1. The highest BCUT2D eigenvalue weighted by atomic mass is 16.5. The number of amidine groups is 1. The van der Waals surface area contributed by atoms with Gasteiger partial charge in [0.25, 0.3) is 5.91 Å². The number of carbonyl (C=O) groups excluding carboxylic acids is 1. The monoisotopic (exact) mass is 547 g/mol. The molecule has 9 nitrogen and oxygen atoms in total. The van der Waals surface area contributed by atoms with Gasteiger partial charge in [-0.05, 0) is 85.6 Å². The van der Waals surface area contributed by atoms with Gasteiger partial charge in [0.15, 0.2) is 0 Å². The number of nitrogens with zero attached hydrogens (tertiary/aromatic N) is 4. The lowest BCUT2D eigenvalue weighted by atomic mass is 9.97. The average Bonchev–Trinajstić information content (AvgIpc) is 3.35. The van der Waals surface area contributed by atoms with Crippen LogP contribution in [-0.2, 0) is 6.54 Å². The van der Waals surface area contributed by atoms with E-state index in [0.29, 0.717) is 36.0 Å².